The maximum atomic E-state index is 12.7. The molecule has 5 rings (SSSR count). The van der Waals surface area contributed by atoms with Crippen molar-refractivity contribution in [3.63, 3.8) is 0 Å². The molecule has 47 heavy (non-hydrogen) atoms. The van der Waals surface area contributed by atoms with Crippen molar-refractivity contribution in [3.05, 3.63) is 0 Å². The van der Waals surface area contributed by atoms with Crippen LogP contribution in [0.4, 0.5) is 0 Å². The summed E-state index contributed by atoms with van der Waals surface area (Å²) >= 11 is 0. The van der Waals surface area contributed by atoms with Crippen molar-refractivity contribution in [3.8, 4) is 0 Å². The zero-order valence-electron chi connectivity index (χ0n) is 30.9. The lowest BCUT2D eigenvalue weighted by molar-refractivity contribution is -0.146. The molecule has 0 radical (unpaired) electrons. The van der Waals surface area contributed by atoms with E-state index in [1.165, 1.54) is 111 Å². The van der Waals surface area contributed by atoms with Crippen molar-refractivity contribution in [2.45, 2.75) is 130 Å². The number of methoxy groups -OCH3 is 1. The summed E-state index contributed by atoms with van der Waals surface area (Å²) in [6.45, 7) is 18.4. The fourth-order valence-corrected chi connectivity index (χ4v) is 11.6. The van der Waals surface area contributed by atoms with Gasteiger partial charge in [0.15, 0.2) is 0 Å². The SMILES string of the molecule is COC(=O)C(NC(=O)CCCC1CCC2C3CCC4CC(NCCCN5CCN(CCCN)CC5)CCC4(C)C3CCC12C)C(C)C. The van der Waals surface area contributed by atoms with Gasteiger partial charge in [0.25, 0.3) is 0 Å². The van der Waals surface area contributed by atoms with Crippen LogP contribution in [0.2, 0.25) is 0 Å². The first-order valence-electron chi connectivity index (χ1n) is 19.8. The third-order valence-electron chi connectivity index (χ3n) is 14.5. The molecule has 1 heterocycles. The highest BCUT2D eigenvalue weighted by atomic mass is 16.5. The zero-order valence-corrected chi connectivity index (χ0v) is 30.9. The number of rotatable bonds is 15. The summed E-state index contributed by atoms with van der Waals surface area (Å²) < 4.78 is 4.91. The van der Waals surface area contributed by atoms with Crippen molar-refractivity contribution in [1.29, 1.82) is 0 Å². The number of ether oxygens (including phenoxy) is 1. The summed E-state index contributed by atoms with van der Waals surface area (Å²) in [4.78, 5) is 30.1. The predicted molar refractivity (Wildman–Crippen MR) is 191 cm³/mol. The number of hydrogen-bond donors (Lipinski definition) is 3. The molecule has 4 aliphatic carbocycles. The summed E-state index contributed by atoms with van der Waals surface area (Å²) in [5.41, 5.74) is 6.65. The highest BCUT2D eigenvalue weighted by Gasteiger charge is 2.59. The van der Waals surface area contributed by atoms with E-state index in [0.717, 1.165) is 61.9 Å². The van der Waals surface area contributed by atoms with Gasteiger partial charge in [0, 0.05) is 38.6 Å². The van der Waals surface area contributed by atoms with Crippen LogP contribution in [0, 0.1) is 46.3 Å². The molecule has 9 atom stereocenters. The standard InChI is InChI=1S/C39H71N5O3/c1-28(2)36(37(46)47-5)42-35(45)10-6-9-29-12-14-33-32-13-11-30-27-31(15-17-39(30,4)34(32)16-18-38(29,33)3)41-20-8-22-44-25-23-43(24-26-44)21-7-19-40/h28-34,36,41H,6-27,40H2,1-5H3,(H,42,45). The van der Waals surface area contributed by atoms with E-state index in [1.54, 1.807) is 0 Å². The van der Waals surface area contributed by atoms with Gasteiger partial charge in [-0.3, -0.25) is 4.79 Å². The molecule has 0 bridgehead atoms. The molecule has 5 fully saturated rings. The van der Waals surface area contributed by atoms with E-state index in [4.69, 9.17) is 10.5 Å². The second-order valence-corrected chi connectivity index (χ2v) is 17.3. The fourth-order valence-electron chi connectivity index (χ4n) is 11.6. The third kappa shape index (κ3) is 8.57. The molecule has 1 amide bonds. The van der Waals surface area contributed by atoms with Crippen molar-refractivity contribution >= 4 is 11.9 Å². The van der Waals surface area contributed by atoms with Crippen molar-refractivity contribution < 1.29 is 14.3 Å². The Hall–Kier alpha value is -1.22. The molecule has 270 valence electrons. The first kappa shape index (κ1) is 37.0. The summed E-state index contributed by atoms with van der Waals surface area (Å²) in [7, 11) is 1.39. The van der Waals surface area contributed by atoms with Crippen LogP contribution >= 0.6 is 0 Å². The van der Waals surface area contributed by atoms with E-state index in [0.29, 0.717) is 23.3 Å². The Morgan fingerprint density at radius 1 is 0.872 bits per heavy atom. The molecular formula is C39H71N5O3. The minimum absolute atomic E-state index is 0.0124. The lowest BCUT2D eigenvalue weighted by Gasteiger charge is -2.61. The van der Waals surface area contributed by atoms with Gasteiger partial charge in [0.2, 0.25) is 5.91 Å². The van der Waals surface area contributed by atoms with Gasteiger partial charge in [0.05, 0.1) is 7.11 Å². The first-order chi connectivity index (χ1) is 22.6. The fraction of sp³-hybridized carbons (Fsp3) is 0.949. The van der Waals surface area contributed by atoms with Crippen LogP contribution in [0.15, 0.2) is 0 Å². The summed E-state index contributed by atoms with van der Waals surface area (Å²) in [6, 6.07) is 0.158. The van der Waals surface area contributed by atoms with E-state index >= 15 is 0 Å². The van der Waals surface area contributed by atoms with E-state index in [2.05, 4.69) is 34.3 Å². The third-order valence-corrected chi connectivity index (χ3v) is 14.5. The Bertz CT molecular complexity index is 1020. The van der Waals surface area contributed by atoms with Crippen LogP contribution in [0.25, 0.3) is 0 Å². The minimum atomic E-state index is -0.554. The molecule has 9 unspecified atom stereocenters. The number of carbonyl (C=O) groups is 2. The normalized spacial score (nSPS) is 36.7. The Kier molecular flexibility index (Phi) is 13.1. The highest BCUT2D eigenvalue weighted by molar-refractivity contribution is 5.84. The quantitative estimate of drug-likeness (QED) is 0.159. The number of nitrogens with two attached hydrogens (primary N) is 1. The number of piperazine rings is 1. The Morgan fingerprint density at radius 2 is 1.55 bits per heavy atom. The zero-order chi connectivity index (χ0) is 33.6. The molecule has 8 nitrogen and oxygen atoms in total. The Balaban J connectivity index is 1.04. The smallest absolute Gasteiger partial charge is 0.328 e. The molecule has 0 spiro atoms. The number of hydrogen-bond acceptors (Lipinski definition) is 7. The van der Waals surface area contributed by atoms with Gasteiger partial charge < -0.3 is 30.9 Å². The molecule has 1 aliphatic heterocycles. The average Bonchev–Trinajstić information content (AvgIpc) is 3.40. The minimum Gasteiger partial charge on any atom is -0.467 e. The van der Waals surface area contributed by atoms with Crippen LogP contribution < -0.4 is 16.4 Å². The first-order valence-corrected chi connectivity index (χ1v) is 19.8. The molecule has 0 aromatic heterocycles. The Morgan fingerprint density at radius 3 is 2.23 bits per heavy atom. The number of nitrogens with one attached hydrogen (secondary N) is 2. The largest absolute Gasteiger partial charge is 0.467 e. The van der Waals surface area contributed by atoms with Crippen LogP contribution in [0.5, 0.6) is 0 Å². The van der Waals surface area contributed by atoms with Crippen LogP contribution in [0.3, 0.4) is 0 Å². The van der Waals surface area contributed by atoms with Gasteiger partial charge in [-0.1, -0.05) is 27.7 Å². The molecule has 0 aromatic carbocycles. The van der Waals surface area contributed by atoms with Gasteiger partial charge in [-0.05, 0) is 156 Å². The summed E-state index contributed by atoms with van der Waals surface area (Å²) in [5, 5.41) is 6.96. The number of amides is 1. The van der Waals surface area contributed by atoms with E-state index < -0.39 is 6.04 Å². The molecule has 5 aliphatic rings. The molecular weight excluding hydrogens is 586 g/mol. The summed E-state index contributed by atoms with van der Waals surface area (Å²) in [6.07, 6.45) is 17.5. The molecule has 4 N–H and O–H groups in total. The van der Waals surface area contributed by atoms with Crippen molar-refractivity contribution in [2.24, 2.45) is 52.1 Å². The van der Waals surface area contributed by atoms with Crippen molar-refractivity contribution in [2.75, 3.05) is 59.5 Å². The van der Waals surface area contributed by atoms with Gasteiger partial charge in [-0.2, -0.15) is 0 Å². The maximum Gasteiger partial charge on any atom is 0.328 e. The maximum absolute atomic E-state index is 12.7. The van der Waals surface area contributed by atoms with Crippen LogP contribution in [0.1, 0.15) is 118 Å². The number of carbonyl (C=O) groups excluding carboxylic acids is 2. The predicted octanol–water partition coefficient (Wildman–Crippen LogP) is 5.44. The Labute approximate surface area is 287 Å². The lowest BCUT2D eigenvalue weighted by Crippen LogP contribution is -2.55. The van der Waals surface area contributed by atoms with Gasteiger partial charge in [0.1, 0.15) is 6.04 Å². The van der Waals surface area contributed by atoms with Gasteiger partial charge in [-0.25, -0.2) is 4.79 Å². The molecule has 1 saturated heterocycles. The second-order valence-electron chi connectivity index (χ2n) is 17.3. The average molecular weight is 658 g/mol. The van der Waals surface area contributed by atoms with E-state index in [9.17, 15) is 9.59 Å². The van der Waals surface area contributed by atoms with Crippen molar-refractivity contribution in [1.82, 2.24) is 20.4 Å². The van der Waals surface area contributed by atoms with Crippen LogP contribution in [-0.4, -0.2) is 93.2 Å². The molecule has 4 saturated carbocycles. The number of nitrogens with zero attached hydrogens (tertiary/aromatic N) is 2. The monoisotopic (exact) mass is 658 g/mol. The molecule has 0 aromatic rings. The highest BCUT2D eigenvalue weighted by Crippen LogP contribution is 2.67. The number of fused-ring (bicyclic) bond motifs is 5. The van der Waals surface area contributed by atoms with Crippen LogP contribution in [-0.2, 0) is 14.3 Å². The van der Waals surface area contributed by atoms with E-state index in [-0.39, 0.29) is 17.8 Å². The second kappa shape index (κ2) is 16.7. The van der Waals surface area contributed by atoms with Gasteiger partial charge >= 0.3 is 5.97 Å². The summed E-state index contributed by atoms with van der Waals surface area (Å²) in [5.74, 6) is 3.94. The van der Waals surface area contributed by atoms with Gasteiger partial charge in [-0.15, -0.1) is 0 Å². The van der Waals surface area contributed by atoms with E-state index in [1.807, 2.05) is 13.8 Å². The lowest BCUT2D eigenvalue weighted by atomic mass is 9.44. The molecule has 8 heteroatoms. The topological polar surface area (TPSA) is 99.9 Å². The number of esters is 1.